The number of quaternary nitrogens is 1. The van der Waals surface area contributed by atoms with E-state index < -0.39 is 0 Å². The van der Waals surface area contributed by atoms with Gasteiger partial charge in [-0.05, 0) is 38.0 Å². The van der Waals surface area contributed by atoms with Crippen LogP contribution in [0, 0.1) is 18.8 Å². The van der Waals surface area contributed by atoms with Crippen molar-refractivity contribution in [3.63, 3.8) is 0 Å². The smallest absolute Gasteiger partial charge is 0.282 e. The van der Waals surface area contributed by atoms with Gasteiger partial charge in [-0.2, -0.15) is 0 Å². The number of amides is 1. The normalized spacial score (nSPS) is 27.9. The molecule has 1 aliphatic heterocycles. The first-order valence-electron chi connectivity index (χ1n) is 7.67. The maximum Gasteiger partial charge on any atom is 0.282 e. The van der Waals surface area contributed by atoms with Crippen LogP contribution in [-0.4, -0.2) is 25.0 Å². The van der Waals surface area contributed by atoms with Gasteiger partial charge in [0.15, 0.2) is 6.04 Å². The number of hydrogen-bond donors (Lipinski definition) is 2. The number of benzene rings is 1. The summed E-state index contributed by atoms with van der Waals surface area (Å²) in [5, 5.41) is 3.05. The molecule has 0 bridgehead atoms. The lowest BCUT2D eigenvalue weighted by Gasteiger charge is -2.35. The highest BCUT2D eigenvalue weighted by atomic mass is 16.2. The minimum atomic E-state index is 0.0145. The molecule has 0 aliphatic carbocycles. The van der Waals surface area contributed by atoms with Gasteiger partial charge in [-0.15, -0.1) is 0 Å². The summed E-state index contributed by atoms with van der Waals surface area (Å²) in [4.78, 5) is 13.8. The lowest BCUT2D eigenvalue weighted by atomic mass is 9.91. The molecule has 1 aliphatic rings. The second-order valence-electron chi connectivity index (χ2n) is 6.59. The Morgan fingerprint density at radius 3 is 2.55 bits per heavy atom. The van der Waals surface area contributed by atoms with Gasteiger partial charge in [-0.3, -0.25) is 4.79 Å². The lowest BCUT2D eigenvalue weighted by Crippen LogP contribution is -3.18. The summed E-state index contributed by atoms with van der Waals surface area (Å²) < 4.78 is 0. The summed E-state index contributed by atoms with van der Waals surface area (Å²) in [7, 11) is 0. The third kappa shape index (κ3) is 3.83. The molecule has 3 atom stereocenters. The van der Waals surface area contributed by atoms with E-state index in [4.69, 9.17) is 0 Å². The third-order valence-electron chi connectivity index (χ3n) is 4.32. The summed E-state index contributed by atoms with van der Waals surface area (Å²) in [5.41, 5.74) is 2.07. The van der Waals surface area contributed by atoms with Gasteiger partial charge in [0.2, 0.25) is 0 Å². The molecule has 3 heteroatoms. The zero-order chi connectivity index (χ0) is 14.7. The van der Waals surface area contributed by atoms with Gasteiger partial charge in [0.05, 0.1) is 13.1 Å². The minimum Gasteiger partial charge on any atom is -0.324 e. The number of carbonyl (C=O) groups excluding carboxylic acids is 1. The number of carbonyl (C=O) groups is 1. The van der Waals surface area contributed by atoms with Crippen molar-refractivity contribution in [3.05, 3.63) is 29.8 Å². The predicted octanol–water partition coefficient (Wildman–Crippen LogP) is 1.88. The molecular weight excluding hydrogens is 248 g/mol. The summed E-state index contributed by atoms with van der Waals surface area (Å²) in [6.45, 7) is 10.9. The average molecular weight is 275 g/mol. The highest BCUT2D eigenvalue weighted by Crippen LogP contribution is 2.13. The Labute approximate surface area is 122 Å². The Bertz CT molecular complexity index is 462. The molecule has 2 rings (SSSR count). The van der Waals surface area contributed by atoms with Gasteiger partial charge >= 0.3 is 0 Å². The fraction of sp³-hybridized carbons (Fsp3) is 0.588. The molecule has 3 nitrogen and oxygen atoms in total. The van der Waals surface area contributed by atoms with E-state index in [-0.39, 0.29) is 11.9 Å². The molecule has 1 saturated heterocycles. The molecule has 1 fully saturated rings. The second-order valence-corrected chi connectivity index (χ2v) is 6.59. The van der Waals surface area contributed by atoms with Crippen molar-refractivity contribution in [2.45, 2.75) is 40.2 Å². The number of hydrogen-bond acceptors (Lipinski definition) is 1. The Hall–Kier alpha value is -1.35. The van der Waals surface area contributed by atoms with E-state index in [2.05, 4.69) is 19.2 Å². The van der Waals surface area contributed by atoms with E-state index in [1.54, 1.807) is 0 Å². The Balaban J connectivity index is 1.98. The second kappa shape index (κ2) is 6.40. The van der Waals surface area contributed by atoms with Crippen LogP contribution < -0.4 is 10.2 Å². The predicted molar refractivity (Wildman–Crippen MR) is 82.9 cm³/mol. The van der Waals surface area contributed by atoms with Crippen LogP contribution in [0.15, 0.2) is 24.3 Å². The number of anilines is 1. The Morgan fingerprint density at radius 1 is 1.30 bits per heavy atom. The minimum absolute atomic E-state index is 0.0145. The first-order chi connectivity index (χ1) is 9.45. The molecule has 1 aromatic rings. The molecule has 0 spiro atoms. The van der Waals surface area contributed by atoms with Crippen molar-refractivity contribution in [2.75, 3.05) is 18.4 Å². The molecule has 20 heavy (non-hydrogen) atoms. The summed E-state index contributed by atoms with van der Waals surface area (Å²) >= 11 is 0. The molecule has 1 amide bonds. The van der Waals surface area contributed by atoms with Crippen molar-refractivity contribution >= 4 is 11.6 Å². The van der Waals surface area contributed by atoms with E-state index in [0.717, 1.165) is 18.8 Å². The van der Waals surface area contributed by atoms with Gasteiger partial charge < -0.3 is 10.2 Å². The van der Waals surface area contributed by atoms with Gasteiger partial charge in [-0.25, -0.2) is 0 Å². The van der Waals surface area contributed by atoms with Crippen molar-refractivity contribution in [1.82, 2.24) is 0 Å². The Kier molecular flexibility index (Phi) is 4.81. The van der Waals surface area contributed by atoms with Crippen molar-refractivity contribution < 1.29 is 9.69 Å². The molecule has 1 aromatic carbocycles. The maximum absolute atomic E-state index is 12.4. The average Bonchev–Trinajstić information content (AvgIpc) is 2.36. The molecular formula is C17H27N2O+. The van der Waals surface area contributed by atoms with Crippen LogP contribution in [0.4, 0.5) is 5.69 Å². The van der Waals surface area contributed by atoms with E-state index >= 15 is 0 Å². The van der Waals surface area contributed by atoms with E-state index in [9.17, 15) is 4.79 Å². The van der Waals surface area contributed by atoms with Gasteiger partial charge in [-0.1, -0.05) is 26.0 Å². The quantitative estimate of drug-likeness (QED) is 0.868. The molecule has 0 saturated carbocycles. The molecule has 0 aromatic heterocycles. The largest absolute Gasteiger partial charge is 0.324 e. The van der Waals surface area contributed by atoms with E-state index in [1.165, 1.54) is 16.9 Å². The maximum atomic E-state index is 12.4. The number of rotatable bonds is 3. The van der Waals surface area contributed by atoms with Crippen molar-refractivity contribution in [2.24, 2.45) is 11.8 Å². The molecule has 110 valence electrons. The number of likely N-dealkylation sites (tertiary alicyclic amines) is 1. The number of piperidine rings is 1. The zero-order valence-electron chi connectivity index (χ0n) is 13.1. The summed E-state index contributed by atoms with van der Waals surface area (Å²) in [6, 6.07) is 8.00. The van der Waals surface area contributed by atoms with Crippen LogP contribution in [-0.2, 0) is 4.79 Å². The molecule has 2 N–H and O–H groups in total. The zero-order valence-corrected chi connectivity index (χ0v) is 13.1. The van der Waals surface area contributed by atoms with Crippen LogP contribution in [0.3, 0.4) is 0 Å². The van der Waals surface area contributed by atoms with E-state index in [1.807, 2.05) is 38.1 Å². The van der Waals surface area contributed by atoms with Crippen LogP contribution in [0.2, 0.25) is 0 Å². The van der Waals surface area contributed by atoms with Crippen molar-refractivity contribution in [1.29, 1.82) is 0 Å². The summed E-state index contributed by atoms with van der Waals surface area (Å²) in [6.07, 6.45) is 1.29. The highest BCUT2D eigenvalue weighted by molar-refractivity contribution is 5.93. The van der Waals surface area contributed by atoms with Gasteiger partial charge in [0.25, 0.3) is 5.91 Å². The van der Waals surface area contributed by atoms with Crippen LogP contribution >= 0.6 is 0 Å². The molecule has 0 radical (unpaired) electrons. The monoisotopic (exact) mass is 275 g/mol. The topological polar surface area (TPSA) is 33.5 Å². The third-order valence-corrected chi connectivity index (χ3v) is 4.32. The number of aryl methyl sites for hydroxylation is 1. The fourth-order valence-electron chi connectivity index (χ4n) is 3.34. The standard InChI is InChI=1S/C17H26N2O/c1-12-6-5-7-16(9-12)18-17(20)15(4)19-10-13(2)8-14(3)11-19/h5-7,9,13-15H,8,10-11H2,1-4H3,(H,18,20)/p+1/t13-,14-,15-/m0/s1. The van der Waals surface area contributed by atoms with Crippen LogP contribution in [0.5, 0.6) is 0 Å². The first-order valence-corrected chi connectivity index (χ1v) is 7.67. The Morgan fingerprint density at radius 2 is 1.95 bits per heavy atom. The fourth-order valence-corrected chi connectivity index (χ4v) is 3.34. The SMILES string of the molecule is Cc1cccc(NC(=O)[C@H](C)[NH+]2C[C@@H](C)C[C@H](C)C2)c1. The van der Waals surface area contributed by atoms with E-state index in [0.29, 0.717) is 11.8 Å². The highest BCUT2D eigenvalue weighted by Gasteiger charge is 2.32. The number of nitrogens with one attached hydrogen (secondary N) is 2. The first kappa shape index (κ1) is 15.0. The van der Waals surface area contributed by atoms with Crippen molar-refractivity contribution in [3.8, 4) is 0 Å². The molecule has 1 heterocycles. The lowest BCUT2D eigenvalue weighted by molar-refractivity contribution is -0.925. The van der Waals surface area contributed by atoms with Gasteiger partial charge in [0, 0.05) is 17.5 Å². The van der Waals surface area contributed by atoms with Crippen LogP contribution in [0.1, 0.15) is 32.8 Å². The molecule has 0 unspecified atom stereocenters. The summed E-state index contributed by atoms with van der Waals surface area (Å²) in [5.74, 6) is 1.55. The van der Waals surface area contributed by atoms with Crippen LogP contribution in [0.25, 0.3) is 0 Å². The van der Waals surface area contributed by atoms with Gasteiger partial charge in [0.1, 0.15) is 0 Å².